The molecule has 1 aliphatic heterocycles. The molecule has 2 N–H and O–H groups in total. The van der Waals surface area contributed by atoms with Gasteiger partial charge in [0.05, 0.1) is 0 Å². The van der Waals surface area contributed by atoms with Gasteiger partial charge in [0.2, 0.25) is 0 Å². The van der Waals surface area contributed by atoms with Crippen molar-refractivity contribution in [3.8, 4) is 0 Å². The molecule has 0 aromatic heterocycles. The average Bonchev–Trinajstić information content (AvgIpc) is 2.35. The lowest BCUT2D eigenvalue weighted by Gasteiger charge is -2.47. The van der Waals surface area contributed by atoms with E-state index >= 15 is 0 Å². The van der Waals surface area contributed by atoms with Gasteiger partial charge in [0.15, 0.2) is 0 Å². The maximum atomic E-state index is 6.43. The third kappa shape index (κ3) is 3.27. The van der Waals surface area contributed by atoms with Crippen molar-refractivity contribution < 1.29 is 0 Å². The molecule has 18 heavy (non-hydrogen) atoms. The van der Waals surface area contributed by atoms with Crippen LogP contribution in [0.25, 0.3) is 0 Å². The fraction of sp³-hybridized carbons (Fsp3) is 1.00. The molecule has 1 heterocycles. The highest BCUT2D eigenvalue weighted by Crippen LogP contribution is 2.34. The van der Waals surface area contributed by atoms with Crippen LogP contribution in [-0.2, 0) is 0 Å². The first-order chi connectivity index (χ1) is 8.61. The van der Waals surface area contributed by atoms with Crippen LogP contribution < -0.4 is 5.73 Å². The Balaban J connectivity index is 1.99. The largest absolute Gasteiger partial charge is 0.326 e. The number of likely N-dealkylation sites (tertiary alicyclic amines) is 1. The quantitative estimate of drug-likeness (QED) is 0.834. The summed E-state index contributed by atoms with van der Waals surface area (Å²) >= 11 is 0. The second-order valence-electron chi connectivity index (χ2n) is 6.93. The lowest BCUT2D eigenvalue weighted by molar-refractivity contribution is 0.0335. The molecule has 5 atom stereocenters. The Hall–Kier alpha value is -0.0800. The first kappa shape index (κ1) is 14.3. The summed E-state index contributed by atoms with van der Waals surface area (Å²) in [4.78, 5) is 2.75. The molecule has 0 aromatic rings. The van der Waals surface area contributed by atoms with Crippen LogP contribution in [0.2, 0.25) is 0 Å². The topological polar surface area (TPSA) is 29.3 Å². The molecule has 5 unspecified atom stereocenters. The first-order valence-corrected chi connectivity index (χ1v) is 8.13. The lowest BCUT2D eigenvalue weighted by atomic mass is 9.78. The van der Waals surface area contributed by atoms with E-state index in [1.807, 2.05) is 0 Å². The van der Waals surface area contributed by atoms with Crippen LogP contribution in [0.4, 0.5) is 0 Å². The van der Waals surface area contributed by atoms with E-state index in [9.17, 15) is 0 Å². The molecule has 0 aromatic carbocycles. The van der Waals surface area contributed by atoms with Crippen molar-refractivity contribution in [3.05, 3.63) is 0 Å². The molecule has 106 valence electrons. The van der Waals surface area contributed by atoms with Crippen molar-refractivity contribution in [2.75, 3.05) is 6.54 Å². The maximum absolute atomic E-state index is 6.43. The summed E-state index contributed by atoms with van der Waals surface area (Å²) in [6.07, 6.45) is 9.46. The Morgan fingerprint density at radius 2 is 1.89 bits per heavy atom. The molecule has 0 radical (unpaired) electrons. The molecule has 1 aliphatic carbocycles. The van der Waals surface area contributed by atoms with E-state index in [0.717, 1.165) is 17.9 Å². The highest BCUT2D eigenvalue weighted by molar-refractivity contribution is 4.93. The Labute approximate surface area is 113 Å². The van der Waals surface area contributed by atoms with Crippen LogP contribution in [0.15, 0.2) is 0 Å². The normalized spacial score (nSPS) is 43.0. The van der Waals surface area contributed by atoms with E-state index in [1.54, 1.807) is 0 Å². The van der Waals surface area contributed by atoms with E-state index in [0.29, 0.717) is 12.1 Å². The zero-order valence-electron chi connectivity index (χ0n) is 12.6. The monoisotopic (exact) mass is 252 g/mol. The summed E-state index contributed by atoms with van der Waals surface area (Å²) in [7, 11) is 0. The zero-order chi connectivity index (χ0) is 13.1. The summed E-state index contributed by atoms with van der Waals surface area (Å²) in [5, 5.41) is 0. The van der Waals surface area contributed by atoms with Crippen molar-refractivity contribution in [1.82, 2.24) is 4.90 Å². The third-order valence-electron chi connectivity index (χ3n) is 5.27. The van der Waals surface area contributed by atoms with Crippen molar-refractivity contribution in [1.29, 1.82) is 0 Å². The minimum atomic E-state index is 0.422. The Morgan fingerprint density at radius 1 is 1.11 bits per heavy atom. The number of hydrogen-bond acceptors (Lipinski definition) is 2. The van der Waals surface area contributed by atoms with Crippen LogP contribution >= 0.6 is 0 Å². The van der Waals surface area contributed by atoms with Gasteiger partial charge in [0.1, 0.15) is 0 Å². The first-order valence-electron chi connectivity index (χ1n) is 8.13. The van der Waals surface area contributed by atoms with E-state index in [-0.39, 0.29) is 0 Å². The van der Waals surface area contributed by atoms with Crippen molar-refractivity contribution in [2.45, 2.75) is 83.8 Å². The summed E-state index contributed by atoms with van der Waals surface area (Å²) < 4.78 is 0. The van der Waals surface area contributed by atoms with Crippen molar-refractivity contribution in [2.24, 2.45) is 17.6 Å². The predicted octanol–water partition coefficient (Wildman–Crippen LogP) is 3.40. The standard InChI is InChI=1S/C16H32N2/c1-4-5-14-8-9-15(17)16(10-14)18-11-12(2)6-7-13(18)3/h12-16H,4-11,17H2,1-3H3. The van der Waals surface area contributed by atoms with Gasteiger partial charge in [0, 0.05) is 24.7 Å². The zero-order valence-corrected chi connectivity index (χ0v) is 12.6. The van der Waals surface area contributed by atoms with Crippen LogP contribution in [0, 0.1) is 11.8 Å². The van der Waals surface area contributed by atoms with Crippen molar-refractivity contribution in [3.63, 3.8) is 0 Å². The minimum Gasteiger partial charge on any atom is -0.326 e. The lowest BCUT2D eigenvalue weighted by Crippen LogP contribution is -2.56. The highest BCUT2D eigenvalue weighted by Gasteiger charge is 2.36. The Bertz CT molecular complexity index is 253. The number of piperidine rings is 1. The van der Waals surface area contributed by atoms with Crippen LogP contribution in [-0.4, -0.2) is 29.6 Å². The van der Waals surface area contributed by atoms with Crippen LogP contribution in [0.3, 0.4) is 0 Å². The molecule has 0 spiro atoms. The van der Waals surface area contributed by atoms with Gasteiger partial charge in [-0.3, -0.25) is 4.90 Å². The molecule has 1 saturated carbocycles. The smallest absolute Gasteiger partial charge is 0.0252 e. The number of nitrogens with zero attached hydrogens (tertiary/aromatic N) is 1. The van der Waals surface area contributed by atoms with Crippen LogP contribution in [0.5, 0.6) is 0 Å². The molecule has 2 nitrogen and oxygen atoms in total. The molecular weight excluding hydrogens is 220 g/mol. The highest BCUT2D eigenvalue weighted by atomic mass is 15.2. The maximum Gasteiger partial charge on any atom is 0.0252 e. The van der Waals surface area contributed by atoms with E-state index in [4.69, 9.17) is 5.73 Å². The summed E-state index contributed by atoms with van der Waals surface area (Å²) in [6, 6.07) is 1.83. The molecule has 2 heteroatoms. The number of hydrogen-bond donors (Lipinski definition) is 1. The number of rotatable bonds is 3. The van der Waals surface area contributed by atoms with E-state index in [2.05, 4.69) is 25.7 Å². The van der Waals surface area contributed by atoms with Crippen LogP contribution in [0.1, 0.15) is 65.7 Å². The summed E-state index contributed by atoms with van der Waals surface area (Å²) in [5.41, 5.74) is 6.43. The van der Waals surface area contributed by atoms with Gasteiger partial charge in [-0.15, -0.1) is 0 Å². The molecule has 2 fully saturated rings. The predicted molar refractivity (Wildman–Crippen MR) is 78.6 cm³/mol. The second-order valence-corrected chi connectivity index (χ2v) is 6.93. The molecule has 2 aliphatic rings. The Morgan fingerprint density at radius 3 is 2.61 bits per heavy atom. The van der Waals surface area contributed by atoms with Gasteiger partial charge < -0.3 is 5.73 Å². The fourth-order valence-electron chi connectivity index (χ4n) is 4.09. The van der Waals surface area contributed by atoms with E-state index < -0.39 is 0 Å². The van der Waals surface area contributed by atoms with Gasteiger partial charge in [-0.2, -0.15) is 0 Å². The number of nitrogens with two attached hydrogens (primary N) is 1. The summed E-state index contributed by atoms with van der Waals surface area (Å²) in [5.74, 6) is 1.80. The Kier molecular flexibility index (Phi) is 5.08. The molecule has 0 amide bonds. The van der Waals surface area contributed by atoms with Gasteiger partial charge in [-0.1, -0.05) is 26.7 Å². The fourth-order valence-corrected chi connectivity index (χ4v) is 4.09. The van der Waals surface area contributed by atoms with Crippen molar-refractivity contribution >= 4 is 0 Å². The molecule has 1 saturated heterocycles. The molecule has 2 rings (SSSR count). The van der Waals surface area contributed by atoms with E-state index in [1.165, 1.54) is 51.5 Å². The van der Waals surface area contributed by atoms with Gasteiger partial charge >= 0.3 is 0 Å². The SMILES string of the molecule is CCCC1CCC(N)C(N2CC(C)CCC2C)C1. The summed E-state index contributed by atoms with van der Waals surface area (Å²) in [6.45, 7) is 8.40. The van der Waals surface area contributed by atoms with Gasteiger partial charge in [0.25, 0.3) is 0 Å². The van der Waals surface area contributed by atoms with Gasteiger partial charge in [-0.05, 0) is 50.9 Å². The second kappa shape index (κ2) is 6.38. The average molecular weight is 252 g/mol. The molecular formula is C16H32N2. The van der Waals surface area contributed by atoms with Gasteiger partial charge in [-0.25, -0.2) is 0 Å². The third-order valence-corrected chi connectivity index (χ3v) is 5.27. The molecule has 0 bridgehead atoms. The minimum absolute atomic E-state index is 0.422.